The Hall–Kier alpha value is -1.51. The quantitative estimate of drug-likeness (QED) is 0.642. The topological polar surface area (TPSA) is 17.1 Å². The highest BCUT2D eigenvalue weighted by Gasteiger charge is 1.97. The van der Waals surface area contributed by atoms with E-state index < -0.39 is 11.6 Å². The molecule has 1 nitrogen and oxygen atoms in total. The van der Waals surface area contributed by atoms with E-state index in [-0.39, 0.29) is 5.78 Å². The van der Waals surface area contributed by atoms with Gasteiger partial charge in [-0.05, 0) is 30.7 Å². The second-order valence-corrected chi connectivity index (χ2v) is 2.65. The van der Waals surface area contributed by atoms with Crippen molar-refractivity contribution in [3.05, 3.63) is 41.5 Å². The predicted molar refractivity (Wildman–Crippen MR) is 46.1 cm³/mol. The number of carbonyl (C=O) groups excluding carboxylic acids is 1. The Balaban J connectivity index is 2.95. The Morgan fingerprint density at radius 1 is 1.23 bits per heavy atom. The summed E-state index contributed by atoms with van der Waals surface area (Å²) >= 11 is 0. The molecule has 0 radical (unpaired) electrons. The highest BCUT2D eigenvalue weighted by molar-refractivity contribution is 5.91. The second kappa shape index (κ2) is 3.94. The summed E-state index contributed by atoms with van der Waals surface area (Å²) in [5.41, 5.74) is 0.340. The van der Waals surface area contributed by atoms with E-state index in [4.69, 9.17) is 0 Å². The maximum atomic E-state index is 12.6. The lowest BCUT2D eigenvalue weighted by molar-refractivity contribution is -0.112. The Labute approximate surface area is 74.7 Å². The number of benzene rings is 1. The molecule has 0 heterocycles. The molecule has 0 aliphatic carbocycles. The fourth-order valence-electron chi connectivity index (χ4n) is 0.885. The zero-order chi connectivity index (χ0) is 9.84. The molecule has 0 aliphatic rings. The molecule has 3 heteroatoms. The zero-order valence-corrected chi connectivity index (χ0v) is 7.05. The maximum absolute atomic E-state index is 12.6. The van der Waals surface area contributed by atoms with Crippen LogP contribution in [0.4, 0.5) is 8.78 Å². The van der Waals surface area contributed by atoms with Gasteiger partial charge in [0.2, 0.25) is 0 Å². The average Bonchev–Trinajstić information content (AvgIpc) is 1.99. The number of hydrogen-bond donors (Lipinski definition) is 0. The molecule has 1 rings (SSSR count). The van der Waals surface area contributed by atoms with E-state index in [1.807, 2.05) is 0 Å². The predicted octanol–water partition coefficient (Wildman–Crippen LogP) is 2.57. The van der Waals surface area contributed by atoms with Crippen molar-refractivity contribution in [3.8, 4) is 0 Å². The fraction of sp³-hybridized carbons (Fsp3) is 0.100. The molecule has 0 aliphatic heterocycles. The Kier molecular flexibility index (Phi) is 2.90. The van der Waals surface area contributed by atoms with Gasteiger partial charge in [-0.3, -0.25) is 4.79 Å². The van der Waals surface area contributed by atoms with Gasteiger partial charge in [0.1, 0.15) is 11.6 Å². The molecule has 13 heavy (non-hydrogen) atoms. The van der Waals surface area contributed by atoms with E-state index in [0.29, 0.717) is 5.56 Å². The van der Waals surface area contributed by atoms with Gasteiger partial charge in [-0.2, -0.15) is 0 Å². The maximum Gasteiger partial charge on any atom is 0.152 e. The third kappa shape index (κ3) is 3.15. The van der Waals surface area contributed by atoms with Gasteiger partial charge < -0.3 is 0 Å². The number of allylic oxidation sites excluding steroid dienone is 1. The zero-order valence-electron chi connectivity index (χ0n) is 7.05. The summed E-state index contributed by atoms with van der Waals surface area (Å²) in [5.74, 6) is -1.46. The first kappa shape index (κ1) is 9.58. The van der Waals surface area contributed by atoms with Crippen LogP contribution in [-0.4, -0.2) is 5.78 Å². The van der Waals surface area contributed by atoms with Gasteiger partial charge in [-0.15, -0.1) is 0 Å². The van der Waals surface area contributed by atoms with Gasteiger partial charge in [0.25, 0.3) is 0 Å². The number of ketones is 1. The van der Waals surface area contributed by atoms with Gasteiger partial charge in [0.05, 0.1) is 0 Å². The van der Waals surface area contributed by atoms with Crippen molar-refractivity contribution >= 4 is 11.9 Å². The van der Waals surface area contributed by atoms with E-state index in [1.165, 1.54) is 19.1 Å². The smallest absolute Gasteiger partial charge is 0.152 e. The molecule has 0 atom stereocenters. The number of hydrogen-bond acceptors (Lipinski definition) is 1. The molecule has 0 bridgehead atoms. The molecule has 0 N–H and O–H groups in total. The summed E-state index contributed by atoms with van der Waals surface area (Å²) in [5, 5.41) is 0. The normalized spacial score (nSPS) is 10.7. The fourth-order valence-corrected chi connectivity index (χ4v) is 0.885. The largest absolute Gasteiger partial charge is 0.295 e. The highest BCUT2D eigenvalue weighted by atomic mass is 19.1. The van der Waals surface area contributed by atoms with Crippen LogP contribution in [0.1, 0.15) is 12.5 Å². The number of halogens is 2. The van der Waals surface area contributed by atoms with Crippen molar-refractivity contribution in [2.75, 3.05) is 0 Å². The van der Waals surface area contributed by atoms with Crippen molar-refractivity contribution in [3.63, 3.8) is 0 Å². The SMILES string of the molecule is CC(=O)C=Cc1cc(F)cc(F)c1. The lowest BCUT2D eigenvalue weighted by Gasteiger charge is -1.94. The minimum atomic E-state index is -0.650. The molecular weight excluding hydrogens is 174 g/mol. The molecule has 1 aromatic carbocycles. The Bertz CT molecular complexity index is 336. The van der Waals surface area contributed by atoms with Crippen LogP contribution in [0.2, 0.25) is 0 Å². The lowest BCUT2D eigenvalue weighted by atomic mass is 10.2. The molecule has 68 valence electrons. The highest BCUT2D eigenvalue weighted by Crippen LogP contribution is 2.09. The van der Waals surface area contributed by atoms with Gasteiger partial charge >= 0.3 is 0 Å². The summed E-state index contributed by atoms with van der Waals surface area (Å²) in [4.78, 5) is 10.5. The third-order valence-electron chi connectivity index (χ3n) is 1.40. The summed E-state index contributed by atoms with van der Waals surface area (Å²) in [7, 11) is 0. The standard InChI is InChI=1S/C10H8F2O/c1-7(13)2-3-8-4-9(11)6-10(12)5-8/h2-6H,1H3. The van der Waals surface area contributed by atoms with E-state index in [2.05, 4.69) is 0 Å². The van der Waals surface area contributed by atoms with Crippen LogP contribution < -0.4 is 0 Å². The van der Waals surface area contributed by atoms with Crippen molar-refractivity contribution in [2.24, 2.45) is 0 Å². The van der Waals surface area contributed by atoms with Gasteiger partial charge in [0, 0.05) is 6.07 Å². The van der Waals surface area contributed by atoms with Crippen molar-refractivity contribution in [2.45, 2.75) is 6.92 Å². The Morgan fingerprint density at radius 2 is 1.77 bits per heavy atom. The number of rotatable bonds is 2. The molecule has 0 saturated carbocycles. The minimum Gasteiger partial charge on any atom is -0.295 e. The van der Waals surface area contributed by atoms with Crippen molar-refractivity contribution < 1.29 is 13.6 Å². The molecule has 0 unspecified atom stereocenters. The van der Waals surface area contributed by atoms with E-state index >= 15 is 0 Å². The van der Waals surface area contributed by atoms with E-state index in [1.54, 1.807) is 0 Å². The molecule has 0 saturated heterocycles. The molecule has 0 fully saturated rings. The van der Waals surface area contributed by atoms with Crippen LogP contribution in [0.5, 0.6) is 0 Å². The van der Waals surface area contributed by atoms with E-state index in [9.17, 15) is 13.6 Å². The molecular formula is C10H8F2O. The van der Waals surface area contributed by atoms with Crippen LogP contribution in [0.15, 0.2) is 24.3 Å². The molecule has 0 amide bonds. The van der Waals surface area contributed by atoms with Gasteiger partial charge in [0.15, 0.2) is 5.78 Å². The van der Waals surface area contributed by atoms with E-state index in [0.717, 1.165) is 18.2 Å². The van der Waals surface area contributed by atoms with Crippen LogP contribution in [0.3, 0.4) is 0 Å². The summed E-state index contributed by atoms with van der Waals surface area (Å²) < 4.78 is 25.2. The first-order valence-electron chi connectivity index (χ1n) is 3.72. The second-order valence-electron chi connectivity index (χ2n) is 2.65. The third-order valence-corrected chi connectivity index (χ3v) is 1.40. The molecule has 0 aromatic heterocycles. The van der Waals surface area contributed by atoms with Gasteiger partial charge in [-0.25, -0.2) is 8.78 Å². The molecule has 0 spiro atoms. The monoisotopic (exact) mass is 182 g/mol. The van der Waals surface area contributed by atoms with Crippen LogP contribution in [-0.2, 0) is 4.79 Å². The van der Waals surface area contributed by atoms with Crippen molar-refractivity contribution in [1.29, 1.82) is 0 Å². The first-order valence-corrected chi connectivity index (χ1v) is 3.72. The summed E-state index contributed by atoms with van der Waals surface area (Å²) in [6, 6.07) is 3.09. The van der Waals surface area contributed by atoms with Crippen LogP contribution in [0.25, 0.3) is 6.08 Å². The lowest BCUT2D eigenvalue weighted by Crippen LogP contribution is -1.84. The van der Waals surface area contributed by atoms with Crippen LogP contribution in [0, 0.1) is 11.6 Å². The Morgan fingerprint density at radius 3 is 2.23 bits per heavy atom. The summed E-state index contributed by atoms with van der Waals surface area (Å²) in [6.45, 7) is 1.37. The first-order chi connectivity index (χ1) is 6.08. The van der Waals surface area contributed by atoms with Crippen LogP contribution >= 0.6 is 0 Å². The van der Waals surface area contributed by atoms with Gasteiger partial charge in [-0.1, -0.05) is 6.08 Å². The summed E-state index contributed by atoms with van der Waals surface area (Å²) in [6.07, 6.45) is 2.63. The molecule has 1 aromatic rings. The number of carbonyl (C=O) groups is 1. The minimum absolute atomic E-state index is 0.162. The van der Waals surface area contributed by atoms with Crippen molar-refractivity contribution in [1.82, 2.24) is 0 Å². The average molecular weight is 182 g/mol.